The van der Waals surface area contributed by atoms with Crippen LogP contribution in [0.3, 0.4) is 0 Å². The Bertz CT molecular complexity index is 1160. The summed E-state index contributed by atoms with van der Waals surface area (Å²) in [4.78, 5) is 23.0. The number of hydrogen-bond acceptors (Lipinski definition) is 4. The van der Waals surface area contributed by atoms with Crippen LogP contribution in [0.15, 0.2) is 54.6 Å². The Balaban J connectivity index is 1.84. The number of fused-ring (bicyclic) bond motifs is 3. The van der Waals surface area contributed by atoms with Crippen molar-refractivity contribution in [2.24, 2.45) is 0 Å². The zero-order valence-corrected chi connectivity index (χ0v) is 16.8. The molecule has 2 N–H and O–H groups in total. The molecule has 2 heterocycles. The van der Waals surface area contributed by atoms with E-state index in [1.807, 2.05) is 67.5 Å². The number of carbonyl (C=O) groups excluding carboxylic acids is 1. The van der Waals surface area contributed by atoms with Crippen molar-refractivity contribution in [2.75, 3.05) is 34.3 Å². The number of ether oxygens (including phenoxy) is 1. The first kappa shape index (κ1) is 19.0. The fourth-order valence-corrected chi connectivity index (χ4v) is 3.40. The molecule has 0 aliphatic heterocycles. The van der Waals surface area contributed by atoms with Crippen LogP contribution >= 0.6 is 0 Å². The number of aromatic nitrogens is 2. The van der Waals surface area contributed by atoms with Crippen LogP contribution in [0.25, 0.3) is 33.1 Å². The Morgan fingerprint density at radius 1 is 1.10 bits per heavy atom. The quantitative estimate of drug-likeness (QED) is 0.529. The van der Waals surface area contributed by atoms with E-state index in [1.54, 1.807) is 7.11 Å². The molecule has 0 aliphatic carbocycles. The van der Waals surface area contributed by atoms with E-state index in [0.29, 0.717) is 12.2 Å². The lowest BCUT2D eigenvalue weighted by atomic mass is 10.1. The van der Waals surface area contributed by atoms with Gasteiger partial charge in [-0.25, -0.2) is 4.98 Å². The van der Waals surface area contributed by atoms with Crippen LogP contribution in [0.5, 0.6) is 5.75 Å². The summed E-state index contributed by atoms with van der Waals surface area (Å²) in [7, 11) is 5.59. The number of rotatable bonds is 6. The van der Waals surface area contributed by atoms with E-state index in [2.05, 4.69) is 16.4 Å². The minimum atomic E-state index is -0.172. The number of benzene rings is 2. The Morgan fingerprint density at radius 3 is 2.59 bits per heavy atom. The third-order valence-electron chi connectivity index (χ3n) is 4.94. The van der Waals surface area contributed by atoms with E-state index in [-0.39, 0.29) is 5.91 Å². The van der Waals surface area contributed by atoms with Crippen LogP contribution in [-0.2, 0) is 0 Å². The number of methoxy groups -OCH3 is 1. The second-order valence-electron chi connectivity index (χ2n) is 7.24. The van der Waals surface area contributed by atoms with Crippen molar-refractivity contribution >= 4 is 27.7 Å². The molecule has 0 radical (unpaired) electrons. The highest BCUT2D eigenvalue weighted by Crippen LogP contribution is 2.33. The van der Waals surface area contributed by atoms with E-state index >= 15 is 0 Å². The van der Waals surface area contributed by atoms with Crippen LogP contribution in [0.1, 0.15) is 10.5 Å². The minimum absolute atomic E-state index is 0.172. The van der Waals surface area contributed by atoms with E-state index in [4.69, 9.17) is 9.72 Å². The topological polar surface area (TPSA) is 70.2 Å². The molecule has 0 fully saturated rings. The molecule has 0 unspecified atom stereocenters. The number of likely N-dealkylation sites (N-methyl/N-ethyl adjacent to an activating group) is 1. The number of hydrogen-bond donors (Lipinski definition) is 2. The second kappa shape index (κ2) is 7.93. The van der Waals surface area contributed by atoms with Gasteiger partial charge in [0.1, 0.15) is 11.4 Å². The van der Waals surface area contributed by atoms with Gasteiger partial charge in [-0.05, 0) is 50.5 Å². The molecule has 4 aromatic rings. The summed E-state index contributed by atoms with van der Waals surface area (Å²) in [6, 6.07) is 17.7. The average Bonchev–Trinajstić information content (AvgIpc) is 3.11. The third kappa shape index (κ3) is 3.79. The fourth-order valence-electron chi connectivity index (χ4n) is 3.40. The molecule has 0 spiro atoms. The summed E-state index contributed by atoms with van der Waals surface area (Å²) >= 11 is 0. The predicted octanol–water partition coefficient (Wildman–Crippen LogP) is 3.68. The number of para-hydroxylation sites is 1. The van der Waals surface area contributed by atoms with E-state index < -0.39 is 0 Å². The molecule has 29 heavy (non-hydrogen) atoms. The van der Waals surface area contributed by atoms with Gasteiger partial charge in [-0.2, -0.15) is 0 Å². The highest BCUT2D eigenvalue weighted by atomic mass is 16.5. The van der Waals surface area contributed by atoms with Crippen molar-refractivity contribution < 1.29 is 9.53 Å². The number of nitrogens with one attached hydrogen (secondary N) is 2. The van der Waals surface area contributed by atoms with Crippen molar-refractivity contribution in [1.29, 1.82) is 0 Å². The Kier molecular flexibility index (Phi) is 5.18. The predicted molar refractivity (Wildman–Crippen MR) is 116 cm³/mol. The molecule has 148 valence electrons. The van der Waals surface area contributed by atoms with Gasteiger partial charge < -0.3 is 19.9 Å². The molecule has 0 bridgehead atoms. The standard InChI is InChI=1S/C23H24N4O2/c1-27(2)13-12-24-23(28)20-14-18-17-6-4-5-7-19(17)25-22(18)21(26-20)15-8-10-16(29-3)11-9-15/h4-11,14,25H,12-13H2,1-3H3,(H,24,28). The highest BCUT2D eigenvalue weighted by molar-refractivity contribution is 6.13. The van der Waals surface area contributed by atoms with Gasteiger partial charge in [0.25, 0.3) is 5.91 Å². The molecule has 6 nitrogen and oxygen atoms in total. The number of carbonyl (C=O) groups is 1. The van der Waals surface area contributed by atoms with Gasteiger partial charge in [-0.1, -0.05) is 18.2 Å². The zero-order chi connectivity index (χ0) is 20.4. The maximum Gasteiger partial charge on any atom is 0.269 e. The summed E-state index contributed by atoms with van der Waals surface area (Å²) in [6.45, 7) is 1.34. The lowest BCUT2D eigenvalue weighted by Crippen LogP contribution is -2.31. The number of nitrogens with zero attached hydrogens (tertiary/aromatic N) is 2. The molecule has 6 heteroatoms. The molecule has 0 atom stereocenters. The Hall–Kier alpha value is -3.38. The first-order valence-corrected chi connectivity index (χ1v) is 9.55. The van der Waals surface area contributed by atoms with Crippen molar-refractivity contribution in [3.63, 3.8) is 0 Å². The van der Waals surface area contributed by atoms with Gasteiger partial charge in [-0.15, -0.1) is 0 Å². The first-order chi connectivity index (χ1) is 14.1. The SMILES string of the molecule is COc1ccc(-c2nc(C(=O)NCCN(C)C)cc3c2[nH]c2ccccc23)cc1. The highest BCUT2D eigenvalue weighted by Gasteiger charge is 2.17. The summed E-state index contributed by atoms with van der Waals surface area (Å²) < 4.78 is 5.27. The maximum absolute atomic E-state index is 12.8. The van der Waals surface area contributed by atoms with Gasteiger partial charge in [0.15, 0.2) is 0 Å². The summed E-state index contributed by atoms with van der Waals surface area (Å²) in [5, 5.41) is 5.02. The third-order valence-corrected chi connectivity index (χ3v) is 4.94. The zero-order valence-electron chi connectivity index (χ0n) is 16.8. The summed E-state index contributed by atoms with van der Waals surface area (Å²) in [5.41, 5.74) is 4.02. The largest absolute Gasteiger partial charge is 0.497 e. The smallest absolute Gasteiger partial charge is 0.269 e. The molecule has 4 rings (SSSR count). The molecule has 2 aromatic carbocycles. The second-order valence-corrected chi connectivity index (χ2v) is 7.24. The first-order valence-electron chi connectivity index (χ1n) is 9.55. The van der Waals surface area contributed by atoms with Gasteiger partial charge in [0.05, 0.1) is 18.3 Å². The molecular formula is C23H24N4O2. The van der Waals surface area contributed by atoms with E-state index in [0.717, 1.165) is 45.4 Å². The molecule has 2 aromatic heterocycles. The lowest BCUT2D eigenvalue weighted by molar-refractivity contribution is 0.0946. The van der Waals surface area contributed by atoms with Crippen molar-refractivity contribution in [1.82, 2.24) is 20.2 Å². The normalized spacial score (nSPS) is 11.3. The lowest BCUT2D eigenvalue weighted by Gasteiger charge is -2.11. The molecule has 0 aliphatic rings. The van der Waals surface area contributed by atoms with Crippen LogP contribution in [0.2, 0.25) is 0 Å². The molecule has 0 saturated heterocycles. The van der Waals surface area contributed by atoms with Crippen LogP contribution in [0.4, 0.5) is 0 Å². The number of aromatic amines is 1. The van der Waals surface area contributed by atoms with Gasteiger partial charge in [-0.3, -0.25) is 4.79 Å². The minimum Gasteiger partial charge on any atom is -0.497 e. The van der Waals surface area contributed by atoms with E-state index in [1.165, 1.54) is 0 Å². The van der Waals surface area contributed by atoms with Gasteiger partial charge in [0, 0.05) is 34.9 Å². The van der Waals surface area contributed by atoms with Crippen LogP contribution < -0.4 is 10.1 Å². The van der Waals surface area contributed by atoms with E-state index in [9.17, 15) is 4.79 Å². The molecular weight excluding hydrogens is 364 g/mol. The van der Waals surface area contributed by atoms with Crippen molar-refractivity contribution in [3.8, 4) is 17.0 Å². The van der Waals surface area contributed by atoms with Gasteiger partial charge >= 0.3 is 0 Å². The summed E-state index contributed by atoms with van der Waals surface area (Å²) in [5.74, 6) is 0.605. The number of amides is 1. The molecule has 0 saturated carbocycles. The molecule has 1 amide bonds. The number of H-pyrrole nitrogens is 1. The van der Waals surface area contributed by atoms with Crippen molar-refractivity contribution in [2.45, 2.75) is 0 Å². The monoisotopic (exact) mass is 388 g/mol. The average molecular weight is 388 g/mol. The van der Waals surface area contributed by atoms with Crippen molar-refractivity contribution in [3.05, 3.63) is 60.3 Å². The van der Waals surface area contributed by atoms with Gasteiger partial charge in [0.2, 0.25) is 0 Å². The van der Waals surface area contributed by atoms with Crippen LogP contribution in [-0.4, -0.2) is 55.1 Å². The number of pyridine rings is 1. The maximum atomic E-state index is 12.8. The Morgan fingerprint density at radius 2 is 1.86 bits per heavy atom. The Labute approximate surface area is 169 Å². The summed E-state index contributed by atoms with van der Waals surface area (Å²) in [6.07, 6.45) is 0. The van der Waals surface area contributed by atoms with Crippen LogP contribution in [0, 0.1) is 0 Å². The fraction of sp³-hybridized carbons (Fsp3) is 0.217.